The Balaban J connectivity index is 2.05. The van der Waals surface area contributed by atoms with Gasteiger partial charge in [-0.25, -0.2) is 9.50 Å². The van der Waals surface area contributed by atoms with Crippen LogP contribution in [0.25, 0.3) is 27.1 Å². The van der Waals surface area contributed by atoms with E-state index < -0.39 is 0 Å². The summed E-state index contributed by atoms with van der Waals surface area (Å²) in [5.74, 6) is 0.436. The third-order valence-electron chi connectivity index (χ3n) is 4.29. The molecule has 0 aliphatic heterocycles. The van der Waals surface area contributed by atoms with Crippen molar-refractivity contribution in [2.75, 3.05) is 0 Å². The number of rotatable bonds is 2. The molecule has 6 heteroatoms. The first-order valence-electron chi connectivity index (χ1n) is 7.58. The number of aryl methyl sites for hydroxylation is 2. The van der Waals surface area contributed by atoms with E-state index in [-0.39, 0.29) is 0 Å². The van der Waals surface area contributed by atoms with Crippen molar-refractivity contribution >= 4 is 43.1 Å². The Hall–Kier alpha value is -1.66. The number of aromatic nitrogens is 4. The van der Waals surface area contributed by atoms with Crippen LogP contribution in [0.4, 0.5) is 0 Å². The summed E-state index contributed by atoms with van der Waals surface area (Å²) in [5.41, 5.74) is 7.08. The van der Waals surface area contributed by atoms with Crippen LogP contribution in [0.1, 0.15) is 36.5 Å². The molecular formula is C17H17BrN4S. The first-order valence-corrected chi connectivity index (χ1v) is 9.19. The van der Waals surface area contributed by atoms with Crippen LogP contribution >= 0.6 is 27.3 Å². The first kappa shape index (κ1) is 14.9. The zero-order chi connectivity index (χ0) is 16.3. The van der Waals surface area contributed by atoms with E-state index in [1.165, 1.54) is 30.8 Å². The lowest BCUT2D eigenvalue weighted by atomic mass is 9.96. The molecule has 0 unspecified atom stereocenters. The SMILES string of the molecule is Cc1c(Br)sc2[nH]c(-c3cc(C)c4ncnn4c3)c(C(C)C)c12. The first-order chi connectivity index (χ1) is 11.0. The number of halogens is 1. The van der Waals surface area contributed by atoms with Gasteiger partial charge in [0.25, 0.3) is 0 Å². The average molecular weight is 389 g/mol. The highest BCUT2D eigenvalue weighted by Crippen LogP contribution is 2.43. The molecule has 0 spiro atoms. The van der Waals surface area contributed by atoms with Crippen molar-refractivity contribution in [3.8, 4) is 11.3 Å². The van der Waals surface area contributed by atoms with Gasteiger partial charge in [-0.15, -0.1) is 11.3 Å². The second-order valence-corrected chi connectivity index (χ2v) is 8.55. The highest BCUT2D eigenvalue weighted by Gasteiger charge is 2.21. The summed E-state index contributed by atoms with van der Waals surface area (Å²) in [6, 6.07) is 2.19. The summed E-state index contributed by atoms with van der Waals surface area (Å²) in [6.45, 7) is 8.75. The number of nitrogens with one attached hydrogen (secondary N) is 1. The quantitative estimate of drug-likeness (QED) is 0.496. The molecule has 4 nitrogen and oxygen atoms in total. The molecule has 0 aliphatic rings. The van der Waals surface area contributed by atoms with E-state index in [0.29, 0.717) is 5.92 Å². The number of hydrogen-bond donors (Lipinski definition) is 1. The highest BCUT2D eigenvalue weighted by atomic mass is 79.9. The number of pyridine rings is 1. The maximum atomic E-state index is 4.31. The molecule has 0 radical (unpaired) electrons. The van der Waals surface area contributed by atoms with Gasteiger partial charge in [-0.05, 0) is 58.5 Å². The number of aromatic amines is 1. The molecule has 0 saturated carbocycles. The topological polar surface area (TPSA) is 46.0 Å². The van der Waals surface area contributed by atoms with Crippen LogP contribution in [0.3, 0.4) is 0 Å². The van der Waals surface area contributed by atoms with Crippen LogP contribution < -0.4 is 0 Å². The average Bonchev–Trinajstić information content (AvgIpc) is 3.15. The molecule has 4 aromatic rings. The largest absolute Gasteiger partial charge is 0.346 e. The molecular weight excluding hydrogens is 372 g/mol. The maximum absolute atomic E-state index is 4.31. The van der Waals surface area contributed by atoms with Gasteiger partial charge in [-0.3, -0.25) is 0 Å². The number of hydrogen-bond acceptors (Lipinski definition) is 3. The number of thiophene rings is 1. The van der Waals surface area contributed by atoms with Crippen molar-refractivity contribution in [2.24, 2.45) is 0 Å². The zero-order valence-electron chi connectivity index (χ0n) is 13.4. The molecule has 0 bridgehead atoms. The van der Waals surface area contributed by atoms with Crippen LogP contribution in [0.2, 0.25) is 0 Å². The third-order valence-corrected chi connectivity index (χ3v) is 6.37. The molecule has 0 amide bonds. The fourth-order valence-electron chi connectivity index (χ4n) is 3.24. The zero-order valence-corrected chi connectivity index (χ0v) is 15.8. The van der Waals surface area contributed by atoms with Gasteiger partial charge in [0.15, 0.2) is 5.65 Å². The maximum Gasteiger partial charge on any atom is 0.158 e. The summed E-state index contributed by atoms with van der Waals surface area (Å²) in [4.78, 5) is 9.17. The van der Waals surface area contributed by atoms with Gasteiger partial charge in [-0.2, -0.15) is 5.10 Å². The van der Waals surface area contributed by atoms with E-state index in [1.54, 1.807) is 17.7 Å². The fraction of sp³-hybridized carbons (Fsp3) is 0.294. The van der Waals surface area contributed by atoms with Crippen LogP contribution in [0.15, 0.2) is 22.4 Å². The second-order valence-electron chi connectivity index (χ2n) is 6.21. The van der Waals surface area contributed by atoms with Crippen LogP contribution in [0, 0.1) is 13.8 Å². The standard InChI is InChI=1S/C17H17BrN4S/c1-8(2)12-13-10(4)15(18)23-17(13)21-14(12)11-5-9(3)16-19-7-20-22(16)6-11/h5-8,21H,1-4H3. The molecule has 4 aromatic heterocycles. The van der Waals surface area contributed by atoms with Crippen LogP contribution in [-0.4, -0.2) is 19.6 Å². The lowest BCUT2D eigenvalue weighted by molar-refractivity contribution is 0.876. The summed E-state index contributed by atoms with van der Waals surface area (Å²) in [5, 5.41) is 5.65. The molecule has 23 heavy (non-hydrogen) atoms. The molecule has 0 fully saturated rings. The monoisotopic (exact) mass is 388 g/mol. The molecule has 1 N–H and O–H groups in total. The summed E-state index contributed by atoms with van der Waals surface area (Å²) < 4.78 is 3.06. The van der Waals surface area contributed by atoms with E-state index >= 15 is 0 Å². The Morgan fingerprint density at radius 2 is 2.09 bits per heavy atom. The minimum atomic E-state index is 0.436. The van der Waals surface area contributed by atoms with Gasteiger partial charge < -0.3 is 4.98 Å². The summed E-state index contributed by atoms with van der Waals surface area (Å²) >= 11 is 5.43. The van der Waals surface area contributed by atoms with E-state index in [9.17, 15) is 0 Å². The smallest absolute Gasteiger partial charge is 0.158 e. The van der Waals surface area contributed by atoms with Gasteiger partial charge in [0, 0.05) is 17.1 Å². The lowest BCUT2D eigenvalue weighted by Gasteiger charge is -2.10. The van der Waals surface area contributed by atoms with Gasteiger partial charge in [0.05, 0.1) is 9.48 Å². The predicted molar refractivity (Wildman–Crippen MR) is 99.4 cm³/mol. The van der Waals surface area contributed by atoms with Crippen molar-refractivity contribution in [2.45, 2.75) is 33.6 Å². The van der Waals surface area contributed by atoms with E-state index in [2.05, 4.69) is 71.0 Å². The van der Waals surface area contributed by atoms with Crippen molar-refractivity contribution in [3.63, 3.8) is 0 Å². The van der Waals surface area contributed by atoms with Crippen molar-refractivity contribution in [3.05, 3.63) is 39.1 Å². The molecule has 0 aliphatic carbocycles. The van der Waals surface area contributed by atoms with Crippen molar-refractivity contribution in [1.82, 2.24) is 19.6 Å². The Morgan fingerprint density at radius 1 is 1.30 bits per heavy atom. The Morgan fingerprint density at radius 3 is 2.83 bits per heavy atom. The Kier molecular flexibility index (Phi) is 3.35. The van der Waals surface area contributed by atoms with E-state index in [4.69, 9.17) is 0 Å². The second kappa shape index (κ2) is 5.18. The number of fused-ring (bicyclic) bond motifs is 2. The molecule has 0 aromatic carbocycles. The van der Waals surface area contributed by atoms with Gasteiger partial charge in [-0.1, -0.05) is 13.8 Å². The fourth-order valence-corrected chi connectivity index (χ4v) is 4.88. The molecule has 4 rings (SSSR count). The Labute approximate surface area is 146 Å². The van der Waals surface area contributed by atoms with E-state index in [1.807, 2.05) is 4.52 Å². The lowest BCUT2D eigenvalue weighted by Crippen LogP contribution is -1.96. The summed E-state index contributed by atoms with van der Waals surface area (Å²) in [7, 11) is 0. The predicted octanol–water partition coefficient (Wildman–Crippen LogP) is 5.44. The number of nitrogens with zero attached hydrogens (tertiary/aromatic N) is 3. The third kappa shape index (κ3) is 2.16. The van der Waals surface area contributed by atoms with Crippen molar-refractivity contribution < 1.29 is 0 Å². The normalized spacial score (nSPS) is 12.1. The van der Waals surface area contributed by atoms with Crippen LogP contribution in [-0.2, 0) is 0 Å². The molecule has 118 valence electrons. The molecule has 0 saturated heterocycles. The Bertz CT molecular complexity index is 1040. The summed E-state index contributed by atoms with van der Waals surface area (Å²) in [6.07, 6.45) is 3.66. The van der Waals surface area contributed by atoms with E-state index in [0.717, 1.165) is 16.8 Å². The molecule has 4 heterocycles. The van der Waals surface area contributed by atoms with Gasteiger partial charge in [0.1, 0.15) is 11.2 Å². The van der Waals surface area contributed by atoms with Crippen LogP contribution in [0.5, 0.6) is 0 Å². The minimum Gasteiger partial charge on any atom is -0.346 e. The number of H-pyrrole nitrogens is 1. The highest BCUT2D eigenvalue weighted by molar-refractivity contribution is 9.11. The van der Waals surface area contributed by atoms with Gasteiger partial charge >= 0.3 is 0 Å². The minimum absolute atomic E-state index is 0.436. The van der Waals surface area contributed by atoms with Crippen molar-refractivity contribution in [1.29, 1.82) is 0 Å². The molecule has 0 atom stereocenters. The van der Waals surface area contributed by atoms with Gasteiger partial charge in [0.2, 0.25) is 0 Å².